The SMILES string of the molecule is C[C@H](O)[C@@H](NC(=O)CN)C(=O)NCCc1csc(-c2ccc(Cl)cc2)n1.O=C(O)C(F)(F)F. The molecule has 14 heteroatoms. The average Bonchev–Trinajstić information content (AvgIpc) is 3.20. The van der Waals surface area contributed by atoms with Gasteiger partial charge >= 0.3 is 12.1 Å². The summed E-state index contributed by atoms with van der Waals surface area (Å²) >= 11 is 7.39. The van der Waals surface area contributed by atoms with Gasteiger partial charge in [-0.3, -0.25) is 9.59 Å². The highest BCUT2D eigenvalue weighted by Crippen LogP contribution is 2.25. The topological polar surface area (TPSA) is 155 Å². The number of nitrogens with two attached hydrogens (primary N) is 1. The fourth-order valence-electron chi connectivity index (χ4n) is 2.21. The van der Waals surface area contributed by atoms with Crippen LogP contribution >= 0.6 is 22.9 Å². The first-order chi connectivity index (χ1) is 15.3. The zero-order valence-corrected chi connectivity index (χ0v) is 18.8. The van der Waals surface area contributed by atoms with E-state index < -0.39 is 36.1 Å². The molecule has 0 saturated heterocycles. The third-order valence-electron chi connectivity index (χ3n) is 3.83. The number of alkyl halides is 3. The molecule has 0 unspecified atom stereocenters. The second-order valence-electron chi connectivity index (χ2n) is 6.48. The average molecular weight is 511 g/mol. The number of benzene rings is 1. The number of carbonyl (C=O) groups excluding carboxylic acids is 2. The van der Waals surface area contributed by atoms with E-state index in [-0.39, 0.29) is 6.54 Å². The standard InChI is InChI=1S/C17H21ClN4O3S.C2HF3O2/c1-10(23)15(22-14(24)8-19)16(25)20-7-6-13-9-26-17(21-13)11-2-4-12(18)5-3-11;3-2(4,5)1(6)7/h2-5,9-10,15,23H,6-8,19H2,1H3,(H,20,25)(H,22,24);(H,6,7)/t10-,15+;/m0./s1. The van der Waals surface area contributed by atoms with Crippen molar-refractivity contribution < 1.29 is 37.8 Å². The van der Waals surface area contributed by atoms with Gasteiger partial charge in [-0.25, -0.2) is 9.78 Å². The zero-order valence-electron chi connectivity index (χ0n) is 17.2. The van der Waals surface area contributed by atoms with Crippen LogP contribution in [-0.2, 0) is 20.8 Å². The highest BCUT2D eigenvalue weighted by molar-refractivity contribution is 7.13. The van der Waals surface area contributed by atoms with E-state index >= 15 is 0 Å². The molecule has 2 amide bonds. The summed E-state index contributed by atoms with van der Waals surface area (Å²) in [6.07, 6.45) is -5.58. The smallest absolute Gasteiger partial charge is 0.475 e. The summed E-state index contributed by atoms with van der Waals surface area (Å²) in [7, 11) is 0. The van der Waals surface area contributed by atoms with E-state index in [9.17, 15) is 27.9 Å². The van der Waals surface area contributed by atoms with Crippen molar-refractivity contribution in [3.05, 3.63) is 40.4 Å². The minimum absolute atomic E-state index is 0.247. The number of thiazole rings is 1. The predicted octanol–water partition coefficient (Wildman–Crippen LogP) is 1.58. The van der Waals surface area contributed by atoms with Gasteiger partial charge in [-0.15, -0.1) is 11.3 Å². The second kappa shape index (κ2) is 13.1. The van der Waals surface area contributed by atoms with E-state index in [0.29, 0.717) is 18.0 Å². The Morgan fingerprint density at radius 1 is 1.24 bits per heavy atom. The van der Waals surface area contributed by atoms with Crippen LogP contribution in [0.3, 0.4) is 0 Å². The lowest BCUT2D eigenvalue weighted by Crippen LogP contribution is -2.53. The van der Waals surface area contributed by atoms with E-state index in [1.165, 1.54) is 18.3 Å². The molecular formula is C19H22ClF3N4O5S. The van der Waals surface area contributed by atoms with Crippen molar-refractivity contribution in [1.29, 1.82) is 0 Å². The van der Waals surface area contributed by atoms with E-state index in [1.807, 2.05) is 29.6 Å². The number of hydrogen-bond donors (Lipinski definition) is 5. The summed E-state index contributed by atoms with van der Waals surface area (Å²) in [5.41, 5.74) is 7.04. The molecule has 182 valence electrons. The van der Waals surface area contributed by atoms with E-state index in [2.05, 4.69) is 15.6 Å². The second-order valence-corrected chi connectivity index (χ2v) is 7.78. The number of aliphatic carboxylic acids is 1. The van der Waals surface area contributed by atoms with Gasteiger partial charge in [0, 0.05) is 28.9 Å². The summed E-state index contributed by atoms with van der Waals surface area (Å²) in [6, 6.07) is 6.39. The number of carbonyl (C=O) groups is 3. The van der Waals surface area contributed by atoms with Crippen LogP contribution in [-0.4, -0.2) is 64.4 Å². The number of nitrogens with zero attached hydrogens (tertiary/aromatic N) is 1. The van der Waals surface area contributed by atoms with Crippen LogP contribution in [0.25, 0.3) is 10.6 Å². The molecular weight excluding hydrogens is 489 g/mol. The lowest BCUT2D eigenvalue weighted by Gasteiger charge is -2.20. The van der Waals surface area contributed by atoms with Crippen LogP contribution in [0.4, 0.5) is 13.2 Å². The van der Waals surface area contributed by atoms with Gasteiger partial charge in [-0.2, -0.15) is 13.2 Å². The van der Waals surface area contributed by atoms with Crippen LogP contribution in [0.1, 0.15) is 12.6 Å². The number of rotatable bonds is 8. The van der Waals surface area contributed by atoms with Crippen molar-refractivity contribution in [2.75, 3.05) is 13.1 Å². The Morgan fingerprint density at radius 3 is 2.30 bits per heavy atom. The lowest BCUT2D eigenvalue weighted by molar-refractivity contribution is -0.192. The Labute approximate surface area is 195 Å². The molecule has 2 aromatic rings. The molecule has 1 heterocycles. The maximum Gasteiger partial charge on any atom is 0.490 e. The van der Waals surface area contributed by atoms with Gasteiger partial charge in [0.05, 0.1) is 18.3 Å². The van der Waals surface area contributed by atoms with Crippen LogP contribution in [0.2, 0.25) is 5.02 Å². The molecule has 2 rings (SSSR count). The third-order valence-corrected chi connectivity index (χ3v) is 5.02. The fourth-order valence-corrected chi connectivity index (χ4v) is 3.19. The Kier molecular flexibility index (Phi) is 11.2. The molecule has 6 N–H and O–H groups in total. The van der Waals surface area contributed by atoms with Gasteiger partial charge in [0.15, 0.2) is 0 Å². The maximum absolute atomic E-state index is 12.1. The van der Waals surface area contributed by atoms with Crippen LogP contribution in [0.15, 0.2) is 29.6 Å². The molecule has 0 aliphatic rings. The van der Waals surface area contributed by atoms with Crippen molar-refractivity contribution in [1.82, 2.24) is 15.6 Å². The number of nitrogens with one attached hydrogen (secondary N) is 2. The molecule has 1 aromatic carbocycles. The first-order valence-corrected chi connectivity index (χ1v) is 10.6. The highest BCUT2D eigenvalue weighted by Gasteiger charge is 2.38. The lowest BCUT2D eigenvalue weighted by atomic mass is 10.1. The summed E-state index contributed by atoms with van der Waals surface area (Å²) in [4.78, 5) is 36.9. The number of amides is 2. The van der Waals surface area contributed by atoms with Crippen molar-refractivity contribution in [2.24, 2.45) is 5.73 Å². The molecule has 9 nitrogen and oxygen atoms in total. The monoisotopic (exact) mass is 510 g/mol. The van der Waals surface area contributed by atoms with E-state index in [4.69, 9.17) is 27.2 Å². The van der Waals surface area contributed by atoms with E-state index in [1.54, 1.807) is 0 Å². The molecule has 0 fully saturated rings. The number of halogens is 4. The number of aliphatic hydroxyl groups excluding tert-OH is 1. The van der Waals surface area contributed by atoms with Crippen molar-refractivity contribution >= 4 is 40.7 Å². The van der Waals surface area contributed by atoms with Crippen LogP contribution in [0, 0.1) is 0 Å². The summed E-state index contributed by atoms with van der Waals surface area (Å²) in [5, 5.41) is 25.3. The van der Waals surface area contributed by atoms with Crippen molar-refractivity contribution in [2.45, 2.75) is 31.7 Å². The normalized spacial score (nSPS) is 12.7. The Morgan fingerprint density at radius 2 is 1.82 bits per heavy atom. The van der Waals surface area contributed by atoms with Gasteiger partial charge < -0.3 is 26.6 Å². The molecule has 33 heavy (non-hydrogen) atoms. The maximum atomic E-state index is 12.1. The third kappa shape index (κ3) is 10.2. The van der Waals surface area contributed by atoms with Gasteiger partial charge in [-0.05, 0) is 19.1 Å². The fraction of sp³-hybridized carbons (Fsp3) is 0.368. The summed E-state index contributed by atoms with van der Waals surface area (Å²) < 4.78 is 31.7. The van der Waals surface area contributed by atoms with Gasteiger partial charge in [0.2, 0.25) is 11.8 Å². The van der Waals surface area contributed by atoms with Gasteiger partial charge in [-0.1, -0.05) is 23.7 Å². The molecule has 0 bridgehead atoms. The Bertz CT molecular complexity index is 938. The minimum atomic E-state index is -5.08. The van der Waals surface area contributed by atoms with Crippen LogP contribution in [0.5, 0.6) is 0 Å². The van der Waals surface area contributed by atoms with Gasteiger partial charge in [0.1, 0.15) is 11.0 Å². The Hall–Kier alpha value is -2.74. The largest absolute Gasteiger partial charge is 0.490 e. The predicted molar refractivity (Wildman–Crippen MR) is 116 cm³/mol. The molecule has 0 aliphatic heterocycles. The number of aliphatic hydroxyl groups is 1. The van der Waals surface area contributed by atoms with E-state index in [0.717, 1.165) is 16.3 Å². The molecule has 0 radical (unpaired) electrons. The first-order valence-electron chi connectivity index (χ1n) is 9.30. The van der Waals surface area contributed by atoms with Crippen LogP contribution < -0.4 is 16.4 Å². The Balaban J connectivity index is 0.000000675. The highest BCUT2D eigenvalue weighted by atomic mass is 35.5. The zero-order chi connectivity index (χ0) is 25.2. The molecule has 2 atom stereocenters. The molecule has 0 saturated carbocycles. The van der Waals surface area contributed by atoms with Gasteiger partial charge in [0.25, 0.3) is 0 Å². The number of carboxylic acids is 1. The van der Waals surface area contributed by atoms with Crippen molar-refractivity contribution in [3.63, 3.8) is 0 Å². The quantitative estimate of drug-likeness (QED) is 0.361. The summed E-state index contributed by atoms with van der Waals surface area (Å²) in [6.45, 7) is 1.52. The number of carboxylic acid groups (broad SMARTS) is 1. The minimum Gasteiger partial charge on any atom is -0.475 e. The molecule has 0 aliphatic carbocycles. The first kappa shape index (κ1) is 28.3. The van der Waals surface area contributed by atoms with Crippen molar-refractivity contribution in [3.8, 4) is 10.6 Å². The molecule has 1 aromatic heterocycles. The summed E-state index contributed by atoms with van der Waals surface area (Å²) in [5.74, 6) is -3.72. The molecule has 0 spiro atoms. The number of aromatic nitrogens is 1. The number of hydrogen-bond acceptors (Lipinski definition) is 7.